The standard InChI is InChI=1S/C21H9BrF5NO3/c22-14-6-5-11(31-18-15(23)7-10(8-16(18)24)21(25,26)27)9-17(14)28-19(29)12-3-1-2-4-13(12)20(28)30/h1-9H. The van der Waals surface area contributed by atoms with Gasteiger partial charge in [0.25, 0.3) is 11.8 Å². The fraction of sp³-hybridized carbons (Fsp3) is 0.0476. The molecule has 158 valence electrons. The second-order valence-corrected chi connectivity index (χ2v) is 7.33. The van der Waals surface area contributed by atoms with Gasteiger partial charge in [0.1, 0.15) is 5.75 Å². The summed E-state index contributed by atoms with van der Waals surface area (Å²) in [7, 11) is 0. The third-order valence-corrected chi connectivity index (χ3v) is 5.17. The van der Waals surface area contributed by atoms with Gasteiger partial charge in [0, 0.05) is 10.5 Å². The SMILES string of the molecule is O=C1c2ccccc2C(=O)N1c1cc(Oc2c(F)cc(C(F)(F)F)cc2F)ccc1Br. The second kappa shape index (κ2) is 7.45. The van der Waals surface area contributed by atoms with Crippen LogP contribution in [0.4, 0.5) is 27.6 Å². The smallest absolute Gasteiger partial charge is 0.416 e. The lowest BCUT2D eigenvalue weighted by Crippen LogP contribution is -2.29. The zero-order chi connectivity index (χ0) is 22.5. The van der Waals surface area contributed by atoms with E-state index < -0.39 is 40.9 Å². The molecule has 0 aromatic heterocycles. The van der Waals surface area contributed by atoms with Crippen molar-refractivity contribution in [3.05, 3.63) is 87.4 Å². The van der Waals surface area contributed by atoms with Crippen molar-refractivity contribution < 1.29 is 36.3 Å². The maximum absolute atomic E-state index is 14.1. The van der Waals surface area contributed by atoms with Crippen LogP contribution in [-0.2, 0) is 6.18 Å². The van der Waals surface area contributed by atoms with E-state index in [1.165, 1.54) is 30.3 Å². The Morgan fingerprint density at radius 3 is 1.90 bits per heavy atom. The maximum atomic E-state index is 14.1. The first-order valence-corrected chi connectivity index (χ1v) is 9.38. The van der Waals surface area contributed by atoms with Crippen LogP contribution in [0, 0.1) is 11.6 Å². The van der Waals surface area contributed by atoms with Gasteiger partial charge in [0.05, 0.1) is 22.4 Å². The number of anilines is 1. The topological polar surface area (TPSA) is 46.6 Å². The molecule has 0 radical (unpaired) electrons. The first-order valence-electron chi connectivity index (χ1n) is 8.59. The highest BCUT2D eigenvalue weighted by atomic mass is 79.9. The van der Waals surface area contributed by atoms with Crippen LogP contribution < -0.4 is 9.64 Å². The molecular formula is C21H9BrF5NO3. The fourth-order valence-electron chi connectivity index (χ4n) is 3.07. The number of nitrogens with zero attached hydrogens (tertiary/aromatic N) is 1. The fourth-order valence-corrected chi connectivity index (χ4v) is 3.50. The molecule has 0 unspecified atom stereocenters. The quantitative estimate of drug-likeness (QED) is 0.313. The van der Waals surface area contributed by atoms with Gasteiger partial charge < -0.3 is 4.74 Å². The summed E-state index contributed by atoms with van der Waals surface area (Å²) in [5.74, 6) is -5.58. The molecule has 1 aliphatic heterocycles. The van der Waals surface area contributed by atoms with Crippen LogP contribution in [0.15, 0.2) is 59.1 Å². The minimum absolute atomic E-state index is 0.0384. The van der Waals surface area contributed by atoms with E-state index in [1.54, 1.807) is 12.1 Å². The summed E-state index contributed by atoms with van der Waals surface area (Å²) in [6.45, 7) is 0. The van der Waals surface area contributed by atoms with Crippen molar-refractivity contribution in [1.82, 2.24) is 0 Å². The third kappa shape index (κ3) is 3.67. The summed E-state index contributed by atoms with van der Waals surface area (Å²) < 4.78 is 71.8. The lowest BCUT2D eigenvalue weighted by Gasteiger charge is -2.17. The summed E-state index contributed by atoms with van der Waals surface area (Å²) in [5.41, 5.74) is -1.09. The third-order valence-electron chi connectivity index (χ3n) is 4.50. The lowest BCUT2D eigenvalue weighted by molar-refractivity contribution is -0.138. The van der Waals surface area contributed by atoms with E-state index in [2.05, 4.69) is 15.9 Å². The van der Waals surface area contributed by atoms with Crippen LogP contribution in [-0.4, -0.2) is 11.8 Å². The van der Waals surface area contributed by atoms with Gasteiger partial charge >= 0.3 is 6.18 Å². The predicted octanol–water partition coefficient (Wildman–Crippen LogP) is 6.34. The number of ether oxygens (including phenoxy) is 1. The van der Waals surface area contributed by atoms with Gasteiger partial charge in [-0.2, -0.15) is 13.2 Å². The van der Waals surface area contributed by atoms with Gasteiger partial charge in [-0.1, -0.05) is 12.1 Å². The average Bonchev–Trinajstić information content (AvgIpc) is 2.96. The van der Waals surface area contributed by atoms with Gasteiger partial charge in [0.2, 0.25) is 0 Å². The van der Waals surface area contributed by atoms with Crippen molar-refractivity contribution in [3.8, 4) is 11.5 Å². The number of carbonyl (C=O) groups excluding carboxylic acids is 2. The minimum atomic E-state index is -4.93. The summed E-state index contributed by atoms with van der Waals surface area (Å²) >= 11 is 3.21. The molecule has 10 heteroatoms. The number of rotatable bonds is 3. The number of hydrogen-bond donors (Lipinski definition) is 0. The largest absolute Gasteiger partial charge is 0.451 e. The molecule has 0 aliphatic carbocycles. The van der Waals surface area contributed by atoms with Crippen molar-refractivity contribution in [1.29, 1.82) is 0 Å². The van der Waals surface area contributed by atoms with E-state index in [-0.39, 0.29) is 34.7 Å². The highest BCUT2D eigenvalue weighted by Crippen LogP contribution is 2.39. The minimum Gasteiger partial charge on any atom is -0.451 e. The normalized spacial score (nSPS) is 13.5. The molecule has 4 nitrogen and oxygen atoms in total. The van der Waals surface area contributed by atoms with E-state index in [0.717, 1.165) is 4.90 Å². The van der Waals surface area contributed by atoms with Gasteiger partial charge in [0.15, 0.2) is 17.4 Å². The Balaban J connectivity index is 1.71. The Morgan fingerprint density at radius 2 is 1.39 bits per heavy atom. The Bertz CT molecular complexity index is 1180. The first-order chi connectivity index (χ1) is 14.6. The number of benzene rings is 3. The zero-order valence-electron chi connectivity index (χ0n) is 15.1. The van der Waals surface area contributed by atoms with Crippen LogP contribution in [0.25, 0.3) is 0 Å². The Labute approximate surface area is 180 Å². The van der Waals surface area contributed by atoms with Gasteiger partial charge in [-0.3, -0.25) is 9.59 Å². The van der Waals surface area contributed by atoms with Crippen molar-refractivity contribution in [3.63, 3.8) is 0 Å². The van der Waals surface area contributed by atoms with Crippen LogP contribution in [0.2, 0.25) is 0 Å². The molecule has 0 saturated heterocycles. The molecule has 3 aromatic carbocycles. The van der Waals surface area contributed by atoms with Gasteiger partial charge in [-0.05, 0) is 52.3 Å². The maximum Gasteiger partial charge on any atom is 0.416 e. The number of hydrogen-bond acceptors (Lipinski definition) is 3. The molecule has 1 heterocycles. The molecule has 0 fully saturated rings. The van der Waals surface area contributed by atoms with E-state index in [4.69, 9.17) is 4.74 Å². The summed E-state index contributed by atoms with van der Waals surface area (Å²) in [4.78, 5) is 26.2. The average molecular weight is 498 g/mol. The van der Waals surface area contributed by atoms with Crippen molar-refractivity contribution in [2.24, 2.45) is 0 Å². The molecule has 0 bridgehead atoms. The molecule has 0 atom stereocenters. The van der Waals surface area contributed by atoms with Crippen molar-refractivity contribution >= 4 is 33.4 Å². The summed E-state index contributed by atoms with van der Waals surface area (Å²) in [6.07, 6.45) is -4.93. The monoisotopic (exact) mass is 497 g/mol. The molecule has 4 rings (SSSR count). The Morgan fingerprint density at radius 1 is 0.839 bits per heavy atom. The molecule has 1 aliphatic rings. The van der Waals surface area contributed by atoms with E-state index in [0.29, 0.717) is 4.47 Å². The van der Waals surface area contributed by atoms with Gasteiger partial charge in [-0.25, -0.2) is 13.7 Å². The van der Waals surface area contributed by atoms with Gasteiger partial charge in [-0.15, -0.1) is 0 Å². The number of alkyl halides is 3. The Kier molecular flexibility index (Phi) is 5.04. The van der Waals surface area contributed by atoms with Crippen LogP contribution in [0.3, 0.4) is 0 Å². The van der Waals surface area contributed by atoms with E-state index in [1.807, 2.05) is 0 Å². The lowest BCUT2D eigenvalue weighted by atomic mass is 10.1. The number of amides is 2. The molecule has 0 saturated carbocycles. The molecule has 2 amide bonds. The van der Waals surface area contributed by atoms with Crippen LogP contribution >= 0.6 is 15.9 Å². The molecular weight excluding hydrogens is 489 g/mol. The van der Waals surface area contributed by atoms with Crippen LogP contribution in [0.5, 0.6) is 11.5 Å². The number of halogens is 6. The summed E-state index contributed by atoms with van der Waals surface area (Å²) in [6, 6.07) is 10.2. The van der Waals surface area contributed by atoms with Crippen molar-refractivity contribution in [2.45, 2.75) is 6.18 Å². The molecule has 0 spiro atoms. The predicted molar refractivity (Wildman–Crippen MR) is 103 cm³/mol. The number of fused-ring (bicyclic) bond motifs is 1. The molecule has 3 aromatic rings. The highest BCUT2D eigenvalue weighted by Gasteiger charge is 2.37. The van der Waals surface area contributed by atoms with E-state index in [9.17, 15) is 31.5 Å². The Hall–Kier alpha value is -3.27. The van der Waals surface area contributed by atoms with E-state index >= 15 is 0 Å². The summed E-state index contributed by atoms with van der Waals surface area (Å²) in [5, 5.41) is 0. The number of imide groups is 1. The second-order valence-electron chi connectivity index (χ2n) is 6.47. The van der Waals surface area contributed by atoms with Crippen molar-refractivity contribution in [2.75, 3.05) is 4.90 Å². The van der Waals surface area contributed by atoms with Crippen LogP contribution in [0.1, 0.15) is 26.3 Å². The zero-order valence-corrected chi connectivity index (χ0v) is 16.7. The molecule has 0 N–H and O–H groups in total. The number of carbonyl (C=O) groups is 2. The molecule has 31 heavy (non-hydrogen) atoms. The first kappa shape index (κ1) is 21.0. The highest BCUT2D eigenvalue weighted by molar-refractivity contribution is 9.10.